The minimum absolute atomic E-state index is 0.0688. The first-order valence-electron chi connectivity index (χ1n) is 8.85. The van der Waals surface area contributed by atoms with E-state index in [0.29, 0.717) is 24.7 Å². The molecule has 2 rings (SSSR count). The molecule has 1 N–H and O–H groups in total. The number of carboxylic acids is 1. The number of carbonyl (C=O) groups is 2. The Morgan fingerprint density at radius 3 is 2.52 bits per heavy atom. The predicted molar refractivity (Wildman–Crippen MR) is 98.3 cm³/mol. The van der Waals surface area contributed by atoms with E-state index in [1.807, 2.05) is 26.0 Å². The maximum absolute atomic E-state index is 12.4. The number of ether oxygens (including phenoxy) is 1. The molecule has 0 unspecified atom stereocenters. The van der Waals surface area contributed by atoms with Crippen LogP contribution in [0, 0.1) is 5.92 Å². The fraction of sp³-hybridized carbons (Fsp3) is 0.474. The molecule has 0 aliphatic rings. The topological polar surface area (TPSA) is 106 Å². The zero-order chi connectivity index (χ0) is 19.8. The van der Waals surface area contributed by atoms with E-state index in [1.54, 1.807) is 24.1 Å². The van der Waals surface area contributed by atoms with Gasteiger partial charge in [0.1, 0.15) is 5.75 Å². The molecule has 0 radical (unpaired) electrons. The molecule has 0 aliphatic carbocycles. The van der Waals surface area contributed by atoms with Gasteiger partial charge in [0.2, 0.25) is 17.6 Å². The molecular weight excluding hydrogens is 350 g/mol. The van der Waals surface area contributed by atoms with Gasteiger partial charge < -0.3 is 19.3 Å². The summed E-state index contributed by atoms with van der Waals surface area (Å²) in [6.45, 7) is 4.70. The minimum atomic E-state index is -0.919. The number of aromatic nitrogens is 2. The Balaban J connectivity index is 1.94. The van der Waals surface area contributed by atoms with Gasteiger partial charge in [0.15, 0.2) is 0 Å². The molecule has 1 heterocycles. The number of nitrogens with zero attached hydrogens (tertiary/aromatic N) is 3. The fourth-order valence-electron chi connectivity index (χ4n) is 2.57. The van der Waals surface area contributed by atoms with E-state index in [4.69, 9.17) is 14.4 Å². The number of carboxylic acid groups (broad SMARTS) is 1. The largest absolute Gasteiger partial charge is 0.497 e. The maximum atomic E-state index is 12.4. The molecule has 1 aromatic carbocycles. The summed E-state index contributed by atoms with van der Waals surface area (Å²) in [5, 5.41) is 12.8. The van der Waals surface area contributed by atoms with Crippen molar-refractivity contribution in [3.63, 3.8) is 0 Å². The fourth-order valence-corrected chi connectivity index (χ4v) is 2.57. The molecule has 146 valence electrons. The number of rotatable bonds is 10. The summed E-state index contributed by atoms with van der Waals surface area (Å²) in [5.74, 6) is 0.779. The first-order chi connectivity index (χ1) is 12.9. The van der Waals surface area contributed by atoms with E-state index in [2.05, 4.69) is 10.1 Å². The summed E-state index contributed by atoms with van der Waals surface area (Å²) in [6.07, 6.45) is 0.431. The third-order valence-corrected chi connectivity index (χ3v) is 3.90. The molecule has 0 aliphatic heterocycles. The highest BCUT2D eigenvalue weighted by atomic mass is 16.5. The number of aryl methyl sites for hydroxylation is 1. The average molecular weight is 375 g/mol. The van der Waals surface area contributed by atoms with Gasteiger partial charge in [-0.2, -0.15) is 4.98 Å². The van der Waals surface area contributed by atoms with Crippen molar-refractivity contribution in [3.8, 4) is 17.1 Å². The van der Waals surface area contributed by atoms with Gasteiger partial charge in [-0.25, -0.2) is 0 Å². The van der Waals surface area contributed by atoms with E-state index in [1.165, 1.54) is 0 Å². The van der Waals surface area contributed by atoms with Crippen molar-refractivity contribution in [3.05, 3.63) is 30.2 Å². The van der Waals surface area contributed by atoms with Crippen LogP contribution in [0.1, 0.15) is 32.6 Å². The van der Waals surface area contributed by atoms with Crippen LogP contribution in [0.3, 0.4) is 0 Å². The number of hydrogen-bond acceptors (Lipinski definition) is 6. The van der Waals surface area contributed by atoms with E-state index >= 15 is 0 Å². The lowest BCUT2D eigenvalue weighted by Gasteiger charge is -2.23. The van der Waals surface area contributed by atoms with E-state index in [-0.39, 0.29) is 31.2 Å². The van der Waals surface area contributed by atoms with Crippen molar-refractivity contribution in [2.75, 3.05) is 20.2 Å². The van der Waals surface area contributed by atoms with Gasteiger partial charge in [-0.1, -0.05) is 19.0 Å². The summed E-state index contributed by atoms with van der Waals surface area (Å²) >= 11 is 0. The summed E-state index contributed by atoms with van der Waals surface area (Å²) < 4.78 is 10.3. The molecule has 8 nitrogen and oxygen atoms in total. The van der Waals surface area contributed by atoms with E-state index in [9.17, 15) is 9.59 Å². The van der Waals surface area contributed by atoms with Gasteiger partial charge in [0, 0.05) is 31.5 Å². The average Bonchev–Trinajstić information content (AvgIpc) is 3.11. The Kier molecular flexibility index (Phi) is 7.34. The lowest BCUT2D eigenvalue weighted by molar-refractivity contribution is -0.138. The number of amides is 1. The van der Waals surface area contributed by atoms with Crippen molar-refractivity contribution in [2.45, 2.75) is 33.1 Å². The smallest absolute Gasteiger partial charge is 0.305 e. The van der Waals surface area contributed by atoms with Crippen molar-refractivity contribution >= 4 is 11.9 Å². The third kappa shape index (κ3) is 6.40. The molecule has 0 spiro atoms. The normalized spacial score (nSPS) is 10.8. The standard InChI is InChI=1S/C19H25N3O5/c1-13(2)12-22(11-10-18(24)25)17(23)9-8-16-20-19(21-27-16)14-4-6-15(26-3)7-5-14/h4-7,13H,8-12H2,1-3H3,(H,24,25). The van der Waals surface area contributed by atoms with Crippen LogP contribution in [0.4, 0.5) is 0 Å². The third-order valence-electron chi connectivity index (χ3n) is 3.90. The van der Waals surface area contributed by atoms with Crippen molar-refractivity contribution in [2.24, 2.45) is 5.92 Å². The van der Waals surface area contributed by atoms with Crippen LogP contribution >= 0.6 is 0 Å². The molecule has 0 atom stereocenters. The van der Waals surface area contributed by atoms with Gasteiger partial charge in [-0.05, 0) is 30.2 Å². The SMILES string of the molecule is COc1ccc(-c2noc(CCC(=O)N(CCC(=O)O)CC(C)C)n2)cc1. The number of hydrogen-bond donors (Lipinski definition) is 1. The van der Waals surface area contributed by atoms with Crippen LogP contribution in [0.2, 0.25) is 0 Å². The summed E-state index contributed by atoms with van der Waals surface area (Å²) in [7, 11) is 1.59. The molecule has 1 aromatic heterocycles. The van der Waals surface area contributed by atoms with Gasteiger partial charge in [-0.3, -0.25) is 9.59 Å². The number of methoxy groups -OCH3 is 1. The van der Waals surface area contributed by atoms with Crippen LogP contribution in [0.25, 0.3) is 11.4 Å². The summed E-state index contributed by atoms with van der Waals surface area (Å²) in [5.41, 5.74) is 0.792. The predicted octanol–water partition coefficient (Wildman–Crippen LogP) is 2.64. The van der Waals surface area contributed by atoms with Crippen LogP contribution in [-0.2, 0) is 16.0 Å². The zero-order valence-corrected chi connectivity index (χ0v) is 15.8. The number of carbonyl (C=O) groups excluding carboxylic acids is 1. The number of aliphatic carboxylic acids is 1. The van der Waals surface area contributed by atoms with Crippen molar-refractivity contribution in [1.29, 1.82) is 0 Å². The summed E-state index contributed by atoms with van der Waals surface area (Å²) in [4.78, 5) is 29.1. The highest BCUT2D eigenvalue weighted by molar-refractivity contribution is 5.77. The second kappa shape index (κ2) is 9.70. The number of benzene rings is 1. The van der Waals surface area contributed by atoms with E-state index in [0.717, 1.165) is 11.3 Å². The Morgan fingerprint density at radius 2 is 1.93 bits per heavy atom. The van der Waals surface area contributed by atoms with Gasteiger partial charge in [0.05, 0.1) is 13.5 Å². The highest BCUT2D eigenvalue weighted by Gasteiger charge is 2.18. The molecule has 0 saturated carbocycles. The minimum Gasteiger partial charge on any atom is -0.497 e. The lowest BCUT2D eigenvalue weighted by Crippen LogP contribution is -2.36. The first kappa shape index (κ1) is 20.4. The Hall–Kier alpha value is -2.90. The second-order valence-electron chi connectivity index (χ2n) is 6.62. The molecule has 1 amide bonds. The molecule has 0 bridgehead atoms. The summed E-state index contributed by atoms with van der Waals surface area (Å²) in [6, 6.07) is 7.27. The monoisotopic (exact) mass is 375 g/mol. The second-order valence-corrected chi connectivity index (χ2v) is 6.62. The van der Waals surface area contributed by atoms with Gasteiger partial charge in [-0.15, -0.1) is 0 Å². The Morgan fingerprint density at radius 1 is 1.22 bits per heavy atom. The Bertz CT molecular complexity index is 755. The zero-order valence-electron chi connectivity index (χ0n) is 15.8. The molecule has 0 fully saturated rings. The quantitative estimate of drug-likeness (QED) is 0.680. The molecular formula is C19H25N3O5. The molecule has 8 heteroatoms. The molecule has 27 heavy (non-hydrogen) atoms. The Labute approximate surface area is 158 Å². The van der Waals surface area contributed by atoms with E-state index < -0.39 is 5.97 Å². The maximum Gasteiger partial charge on any atom is 0.305 e. The molecule has 0 saturated heterocycles. The van der Waals surface area contributed by atoms with Gasteiger partial charge in [0.25, 0.3) is 0 Å². The van der Waals surface area contributed by atoms with Crippen molar-refractivity contribution in [1.82, 2.24) is 15.0 Å². The van der Waals surface area contributed by atoms with Crippen LogP contribution in [0.15, 0.2) is 28.8 Å². The van der Waals surface area contributed by atoms with Crippen LogP contribution in [0.5, 0.6) is 5.75 Å². The van der Waals surface area contributed by atoms with Crippen LogP contribution in [-0.4, -0.2) is 52.2 Å². The van der Waals surface area contributed by atoms with Gasteiger partial charge >= 0.3 is 5.97 Å². The van der Waals surface area contributed by atoms with Crippen molar-refractivity contribution < 1.29 is 24.0 Å². The highest BCUT2D eigenvalue weighted by Crippen LogP contribution is 2.20. The molecule has 2 aromatic rings. The lowest BCUT2D eigenvalue weighted by atomic mass is 10.1. The first-order valence-corrected chi connectivity index (χ1v) is 8.85. The van der Waals surface area contributed by atoms with Crippen LogP contribution < -0.4 is 4.74 Å².